The Morgan fingerprint density at radius 1 is 0.972 bits per heavy atom. The number of aliphatic hydroxyl groups is 1. The van der Waals surface area contributed by atoms with E-state index in [0.717, 1.165) is 12.0 Å². The van der Waals surface area contributed by atoms with Crippen LogP contribution in [0.15, 0.2) is 60.7 Å². The number of β-amino-alcohol motifs (C(OH)–C–C–N with tert-alkyl or cyclic N) is 1. The number of pyridine rings is 1. The van der Waals surface area contributed by atoms with Crippen molar-refractivity contribution < 1.29 is 19.0 Å². The van der Waals surface area contributed by atoms with Gasteiger partial charge >= 0.3 is 0 Å². The molecule has 0 unspecified atom stereocenters. The van der Waals surface area contributed by atoms with E-state index in [1.54, 1.807) is 24.1 Å². The van der Waals surface area contributed by atoms with E-state index < -0.39 is 6.10 Å². The van der Waals surface area contributed by atoms with Crippen molar-refractivity contribution in [2.24, 2.45) is 0 Å². The van der Waals surface area contributed by atoms with Gasteiger partial charge in [-0.15, -0.1) is 0 Å². The monoisotopic (exact) mass is 490 g/mol. The van der Waals surface area contributed by atoms with Crippen molar-refractivity contribution in [3.63, 3.8) is 0 Å². The van der Waals surface area contributed by atoms with Gasteiger partial charge in [0.05, 0.1) is 30.2 Å². The van der Waals surface area contributed by atoms with E-state index in [0.29, 0.717) is 74.2 Å². The number of piperazine rings is 1. The first kappa shape index (κ1) is 24.1. The quantitative estimate of drug-likeness (QED) is 0.587. The average Bonchev–Trinajstić information content (AvgIpc) is 2.93. The first-order valence-electron chi connectivity index (χ1n) is 12.4. The predicted molar refractivity (Wildman–Crippen MR) is 138 cm³/mol. The van der Waals surface area contributed by atoms with Gasteiger partial charge in [-0.05, 0) is 49.2 Å². The van der Waals surface area contributed by atoms with E-state index in [1.807, 2.05) is 47.4 Å². The van der Waals surface area contributed by atoms with Gasteiger partial charge in [0.1, 0.15) is 17.4 Å². The molecule has 0 spiro atoms. The number of hydrogen-bond acceptors (Lipinski definition) is 6. The number of methoxy groups -OCH3 is 1. The molecule has 36 heavy (non-hydrogen) atoms. The molecule has 2 aromatic carbocycles. The van der Waals surface area contributed by atoms with Crippen molar-refractivity contribution in [3.8, 4) is 17.0 Å². The molecule has 2 aliphatic heterocycles. The number of para-hydroxylation sites is 2. The zero-order valence-corrected chi connectivity index (χ0v) is 20.4. The van der Waals surface area contributed by atoms with Gasteiger partial charge < -0.3 is 24.5 Å². The molecule has 3 aromatic rings. The lowest BCUT2D eigenvalue weighted by Gasteiger charge is -2.38. The van der Waals surface area contributed by atoms with Gasteiger partial charge in [0.25, 0.3) is 5.91 Å². The Labute approximate surface area is 210 Å². The minimum atomic E-state index is -0.503. The first-order chi connectivity index (χ1) is 17.5. The molecule has 2 saturated heterocycles. The highest BCUT2D eigenvalue weighted by Gasteiger charge is 2.29. The van der Waals surface area contributed by atoms with E-state index in [-0.39, 0.29) is 11.7 Å². The van der Waals surface area contributed by atoms with Crippen molar-refractivity contribution in [1.82, 2.24) is 9.88 Å². The molecule has 1 aromatic heterocycles. The van der Waals surface area contributed by atoms with Gasteiger partial charge in [0.2, 0.25) is 0 Å². The third-order valence-electron chi connectivity index (χ3n) is 6.94. The minimum absolute atomic E-state index is 0.126. The summed E-state index contributed by atoms with van der Waals surface area (Å²) in [5.74, 6) is 0.955. The minimum Gasteiger partial charge on any atom is -0.496 e. The molecular formula is C28H31FN4O3. The molecule has 8 heteroatoms. The van der Waals surface area contributed by atoms with Crippen LogP contribution in [-0.4, -0.2) is 73.4 Å². The molecule has 3 heterocycles. The molecule has 0 aliphatic carbocycles. The van der Waals surface area contributed by atoms with Crippen molar-refractivity contribution in [2.45, 2.75) is 18.9 Å². The number of carbonyl (C=O) groups excluding carboxylic acids is 1. The van der Waals surface area contributed by atoms with Crippen LogP contribution in [0.4, 0.5) is 15.9 Å². The highest BCUT2D eigenvalue weighted by atomic mass is 19.1. The van der Waals surface area contributed by atoms with Crippen molar-refractivity contribution in [2.75, 3.05) is 56.2 Å². The van der Waals surface area contributed by atoms with Gasteiger partial charge in [0, 0.05) is 44.8 Å². The number of amides is 1. The molecule has 0 radical (unpaired) electrons. The predicted octanol–water partition coefficient (Wildman–Crippen LogP) is 3.82. The zero-order chi connectivity index (χ0) is 25.1. The van der Waals surface area contributed by atoms with Gasteiger partial charge in [0.15, 0.2) is 0 Å². The molecule has 0 bridgehead atoms. The molecule has 2 fully saturated rings. The van der Waals surface area contributed by atoms with Crippen LogP contribution in [0.25, 0.3) is 11.3 Å². The summed E-state index contributed by atoms with van der Waals surface area (Å²) in [6.45, 7) is 3.35. The Morgan fingerprint density at radius 2 is 1.69 bits per heavy atom. The summed E-state index contributed by atoms with van der Waals surface area (Å²) in [6, 6.07) is 18.2. The third kappa shape index (κ3) is 4.86. The molecule has 0 saturated carbocycles. The zero-order valence-electron chi connectivity index (χ0n) is 20.4. The number of aromatic nitrogens is 1. The number of anilines is 2. The van der Waals surface area contributed by atoms with Crippen LogP contribution in [0.2, 0.25) is 0 Å². The Balaban J connectivity index is 1.47. The number of rotatable bonds is 5. The topological polar surface area (TPSA) is 69.1 Å². The van der Waals surface area contributed by atoms with E-state index >= 15 is 0 Å². The summed E-state index contributed by atoms with van der Waals surface area (Å²) in [4.78, 5) is 24.4. The second-order valence-electron chi connectivity index (χ2n) is 9.24. The number of likely N-dealkylation sites (tertiary alicyclic amines) is 1. The molecule has 1 amide bonds. The fraction of sp³-hybridized carbons (Fsp3) is 0.357. The number of piperidine rings is 1. The van der Waals surface area contributed by atoms with E-state index in [1.165, 1.54) is 6.07 Å². The Bertz CT molecular complexity index is 1230. The van der Waals surface area contributed by atoms with Gasteiger partial charge in [-0.1, -0.05) is 24.3 Å². The lowest BCUT2D eigenvalue weighted by molar-refractivity contribution is 0.0474. The highest BCUT2D eigenvalue weighted by molar-refractivity contribution is 5.99. The number of halogens is 1. The van der Waals surface area contributed by atoms with E-state index in [9.17, 15) is 14.3 Å². The maximum atomic E-state index is 14.4. The Kier molecular flexibility index (Phi) is 7.04. The Morgan fingerprint density at radius 3 is 2.44 bits per heavy atom. The van der Waals surface area contributed by atoms with Crippen LogP contribution in [0.5, 0.6) is 5.75 Å². The van der Waals surface area contributed by atoms with Gasteiger partial charge in [-0.25, -0.2) is 9.37 Å². The summed E-state index contributed by atoms with van der Waals surface area (Å²) < 4.78 is 19.9. The standard InChI is InChI=1S/C28H31FN4O3/c1-36-26-11-5-2-8-21(26)24-13-12-22(28(35)33-14-6-7-20(34)19-33)27(30-24)32-17-15-31(16-18-32)25-10-4-3-9-23(25)29/h2-5,8-13,20,34H,6-7,14-19H2,1H3/t20-/m0/s1. The second kappa shape index (κ2) is 10.5. The fourth-order valence-corrected chi connectivity index (χ4v) is 5.04. The van der Waals surface area contributed by atoms with E-state index in [2.05, 4.69) is 4.90 Å². The van der Waals surface area contributed by atoms with Crippen LogP contribution in [0, 0.1) is 5.82 Å². The highest BCUT2D eigenvalue weighted by Crippen LogP contribution is 2.32. The molecule has 1 atom stereocenters. The number of benzene rings is 2. The van der Waals surface area contributed by atoms with Crippen LogP contribution in [0.1, 0.15) is 23.2 Å². The lowest BCUT2D eigenvalue weighted by atomic mass is 10.0. The number of carbonyl (C=O) groups is 1. The average molecular weight is 491 g/mol. The smallest absolute Gasteiger partial charge is 0.257 e. The molecule has 7 nitrogen and oxygen atoms in total. The largest absolute Gasteiger partial charge is 0.496 e. The summed E-state index contributed by atoms with van der Waals surface area (Å²) in [5, 5.41) is 10.1. The first-order valence-corrected chi connectivity index (χ1v) is 12.4. The van der Waals surface area contributed by atoms with Crippen molar-refractivity contribution in [1.29, 1.82) is 0 Å². The van der Waals surface area contributed by atoms with E-state index in [4.69, 9.17) is 9.72 Å². The van der Waals surface area contributed by atoms with Crippen LogP contribution < -0.4 is 14.5 Å². The van der Waals surface area contributed by atoms with Crippen LogP contribution in [-0.2, 0) is 0 Å². The maximum Gasteiger partial charge on any atom is 0.257 e. The summed E-state index contributed by atoms with van der Waals surface area (Å²) >= 11 is 0. The number of hydrogen-bond donors (Lipinski definition) is 1. The summed E-state index contributed by atoms with van der Waals surface area (Å²) in [5.41, 5.74) is 2.67. The Hall–Kier alpha value is -3.65. The third-order valence-corrected chi connectivity index (χ3v) is 6.94. The fourth-order valence-electron chi connectivity index (χ4n) is 5.04. The molecule has 5 rings (SSSR count). The number of nitrogens with zero attached hydrogens (tertiary/aromatic N) is 4. The maximum absolute atomic E-state index is 14.4. The SMILES string of the molecule is COc1ccccc1-c1ccc(C(=O)N2CCC[C@H](O)C2)c(N2CCN(c3ccccc3F)CC2)n1. The van der Waals surface area contributed by atoms with Crippen LogP contribution >= 0.6 is 0 Å². The second-order valence-corrected chi connectivity index (χ2v) is 9.24. The van der Waals surface area contributed by atoms with Crippen LogP contribution in [0.3, 0.4) is 0 Å². The van der Waals surface area contributed by atoms with Gasteiger partial charge in [-0.3, -0.25) is 4.79 Å². The molecule has 1 N–H and O–H groups in total. The summed E-state index contributed by atoms with van der Waals surface area (Å²) in [7, 11) is 1.63. The molecule has 2 aliphatic rings. The summed E-state index contributed by atoms with van der Waals surface area (Å²) in [6.07, 6.45) is 0.979. The number of aliphatic hydroxyl groups excluding tert-OH is 1. The van der Waals surface area contributed by atoms with Gasteiger partial charge in [-0.2, -0.15) is 0 Å². The van der Waals surface area contributed by atoms with Crippen molar-refractivity contribution >= 4 is 17.4 Å². The number of ether oxygens (including phenoxy) is 1. The normalized spacial score (nSPS) is 18.3. The van der Waals surface area contributed by atoms with Crippen molar-refractivity contribution in [3.05, 3.63) is 72.0 Å². The molecule has 188 valence electrons. The lowest BCUT2D eigenvalue weighted by Crippen LogP contribution is -2.48. The molecular weight excluding hydrogens is 459 g/mol.